The molecule has 6 heteroatoms. The lowest BCUT2D eigenvalue weighted by atomic mass is 9.89. The lowest BCUT2D eigenvalue weighted by Gasteiger charge is -2.39. The van der Waals surface area contributed by atoms with Crippen LogP contribution in [0, 0.1) is 6.42 Å². The monoisotopic (exact) mass is 403 g/mol. The highest BCUT2D eigenvalue weighted by Crippen LogP contribution is 2.20. The number of hydrogen-bond donors (Lipinski definition) is 6. The van der Waals surface area contributed by atoms with Gasteiger partial charge in [-0.2, -0.15) is 0 Å². The molecule has 0 bridgehead atoms. The zero-order chi connectivity index (χ0) is 21.3. The molecular weight excluding hydrogens is 356 g/mol. The van der Waals surface area contributed by atoms with Crippen molar-refractivity contribution in [2.75, 3.05) is 13.2 Å². The van der Waals surface area contributed by atoms with E-state index in [0.29, 0.717) is 6.42 Å². The zero-order valence-corrected chi connectivity index (χ0v) is 18.5. The van der Waals surface area contributed by atoms with Crippen molar-refractivity contribution in [3.05, 3.63) is 6.42 Å². The standard InChI is InChI=1S/C22H47N2O4/c1-4-6-8-10-11-12-13-15-17-23-22(18-25,16-14-9-7-5-2)21(28)24-19(3)20(26)27/h4,19-21,23-28H,5-18H2,1-3H3. The molecule has 0 aliphatic rings. The molecular formula is C22H47N2O4. The van der Waals surface area contributed by atoms with E-state index in [4.69, 9.17) is 0 Å². The first-order valence-electron chi connectivity index (χ1n) is 11.4. The smallest absolute Gasteiger partial charge is 0.166 e. The van der Waals surface area contributed by atoms with Crippen LogP contribution in [0.3, 0.4) is 0 Å². The maximum absolute atomic E-state index is 10.7. The molecule has 0 aliphatic heterocycles. The van der Waals surface area contributed by atoms with Gasteiger partial charge in [0.15, 0.2) is 6.29 Å². The Morgan fingerprint density at radius 2 is 1.50 bits per heavy atom. The highest BCUT2D eigenvalue weighted by Gasteiger charge is 2.37. The molecule has 0 saturated heterocycles. The summed E-state index contributed by atoms with van der Waals surface area (Å²) < 4.78 is 0. The number of aliphatic hydroxyl groups excluding tert-OH is 3. The van der Waals surface area contributed by atoms with Crippen LogP contribution in [0.2, 0.25) is 0 Å². The van der Waals surface area contributed by atoms with Crippen LogP contribution in [-0.2, 0) is 0 Å². The Bertz CT molecular complexity index is 344. The van der Waals surface area contributed by atoms with E-state index in [1.807, 2.05) is 0 Å². The summed E-state index contributed by atoms with van der Waals surface area (Å²) in [4.78, 5) is 0. The van der Waals surface area contributed by atoms with E-state index >= 15 is 0 Å². The van der Waals surface area contributed by atoms with E-state index in [0.717, 1.165) is 45.1 Å². The molecule has 0 saturated carbocycles. The van der Waals surface area contributed by atoms with Crippen molar-refractivity contribution in [1.82, 2.24) is 10.6 Å². The van der Waals surface area contributed by atoms with Gasteiger partial charge in [-0.3, -0.25) is 5.32 Å². The van der Waals surface area contributed by atoms with Gasteiger partial charge in [0.05, 0.1) is 18.2 Å². The van der Waals surface area contributed by atoms with Gasteiger partial charge in [0, 0.05) is 0 Å². The van der Waals surface area contributed by atoms with Crippen molar-refractivity contribution in [3.63, 3.8) is 0 Å². The first kappa shape index (κ1) is 27.8. The third-order valence-corrected chi connectivity index (χ3v) is 5.55. The predicted octanol–water partition coefficient (Wildman–Crippen LogP) is 2.84. The van der Waals surface area contributed by atoms with Gasteiger partial charge >= 0.3 is 0 Å². The van der Waals surface area contributed by atoms with E-state index in [1.165, 1.54) is 32.1 Å². The molecule has 0 heterocycles. The summed E-state index contributed by atoms with van der Waals surface area (Å²) in [6, 6.07) is -0.682. The predicted molar refractivity (Wildman–Crippen MR) is 116 cm³/mol. The van der Waals surface area contributed by atoms with Crippen LogP contribution < -0.4 is 10.6 Å². The van der Waals surface area contributed by atoms with Crippen molar-refractivity contribution < 1.29 is 20.4 Å². The minimum absolute atomic E-state index is 0.199. The van der Waals surface area contributed by atoms with Crippen LogP contribution in [0.1, 0.15) is 97.8 Å². The van der Waals surface area contributed by atoms with Crippen LogP contribution in [0.5, 0.6) is 0 Å². The second kappa shape index (κ2) is 17.6. The Hall–Kier alpha value is -0.240. The van der Waals surface area contributed by atoms with Crippen molar-refractivity contribution in [3.8, 4) is 0 Å². The maximum atomic E-state index is 10.7. The molecule has 28 heavy (non-hydrogen) atoms. The molecule has 6 nitrogen and oxygen atoms in total. The van der Waals surface area contributed by atoms with Gasteiger partial charge in [0.2, 0.25) is 0 Å². The quantitative estimate of drug-likeness (QED) is 0.138. The maximum Gasteiger partial charge on any atom is 0.166 e. The minimum atomic E-state index is -1.56. The van der Waals surface area contributed by atoms with Gasteiger partial charge in [0.25, 0.3) is 0 Å². The Morgan fingerprint density at radius 1 is 0.893 bits per heavy atom. The molecule has 0 aliphatic carbocycles. The summed E-state index contributed by atoms with van der Waals surface area (Å²) in [5.74, 6) is 0. The van der Waals surface area contributed by atoms with Crippen molar-refractivity contribution in [2.45, 2.75) is 122 Å². The SMILES string of the molecule is C[CH]CCCCCCCCNC(CO)(CCCCCC)C(O)NC(C)C(O)O. The minimum Gasteiger partial charge on any atom is -0.394 e. The van der Waals surface area contributed by atoms with Gasteiger partial charge < -0.3 is 25.7 Å². The Kier molecular flexibility index (Phi) is 17.5. The summed E-state index contributed by atoms with van der Waals surface area (Å²) in [7, 11) is 0. The highest BCUT2D eigenvalue weighted by molar-refractivity contribution is 4.94. The molecule has 0 fully saturated rings. The largest absolute Gasteiger partial charge is 0.394 e. The lowest BCUT2D eigenvalue weighted by Crippen LogP contribution is -2.64. The van der Waals surface area contributed by atoms with Crippen molar-refractivity contribution >= 4 is 0 Å². The Labute approximate surface area is 173 Å². The van der Waals surface area contributed by atoms with Crippen LogP contribution in [-0.4, -0.2) is 57.7 Å². The molecule has 0 rings (SSSR count). The van der Waals surface area contributed by atoms with Gasteiger partial charge in [-0.15, -0.1) is 0 Å². The zero-order valence-electron chi connectivity index (χ0n) is 18.5. The van der Waals surface area contributed by atoms with E-state index < -0.39 is 24.1 Å². The topological polar surface area (TPSA) is 105 Å². The first-order chi connectivity index (χ1) is 13.4. The molecule has 1 radical (unpaired) electrons. The van der Waals surface area contributed by atoms with Crippen LogP contribution >= 0.6 is 0 Å². The van der Waals surface area contributed by atoms with Gasteiger partial charge in [-0.1, -0.05) is 78.1 Å². The van der Waals surface area contributed by atoms with Gasteiger partial charge in [0.1, 0.15) is 6.23 Å². The Balaban J connectivity index is 4.49. The fraction of sp³-hybridized carbons (Fsp3) is 0.955. The molecule has 3 atom stereocenters. The number of rotatable bonds is 20. The first-order valence-corrected chi connectivity index (χ1v) is 11.4. The van der Waals surface area contributed by atoms with E-state index in [-0.39, 0.29) is 6.61 Å². The number of unbranched alkanes of at least 4 members (excludes halogenated alkanes) is 10. The molecule has 3 unspecified atom stereocenters. The number of hydrogen-bond acceptors (Lipinski definition) is 6. The fourth-order valence-corrected chi connectivity index (χ4v) is 3.42. The van der Waals surface area contributed by atoms with Gasteiger partial charge in [-0.25, -0.2) is 0 Å². The third kappa shape index (κ3) is 12.3. The summed E-state index contributed by atoms with van der Waals surface area (Å²) >= 11 is 0. The van der Waals surface area contributed by atoms with Crippen molar-refractivity contribution in [2.24, 2.45) is 0 Å². The van der Waals surface area contributed by atoms with E-state index in [2.05, 4.69) is 30.9 Å². The average Bonchev–Trinajstić information content (AvgIpc) is 2.68. The fourth-order valence-electron chi connectivity index (χ4n) is 3.42. The van der Waals surface area contributed by atoms with Crippen molar-refractivity contribution in [1.29, 1.82) is 0 Å². The van der Waals surface area contributed by atoms with Crippen LogP contribution in [0.25, 0.3) is 0 Å². The highest BCUT2D eigenvalue weighted by atomic mass is 16.5. The van der Waals surface area contributed by atoms with E-state index in [9.17, 15) is 20.4 Å². The van der Waals surface area contributed by atoms with Gasteiger partial charge in [-0.05, 0) is 32.7 Å². The molecule has 0 aromatic rings. The van der Waals surface area contributed by atoms with E-state index in [1.54, 1.807) is 6.92 Å². The van der Waals surface area contributed by atoms with Crippen LogP contribution in [0.4, 0.5) is 0 Å². The summed E-state index contributed by atoms with van der Waals surface area (Å²) in [5.41, 5.74) is -0.867. The molecule has 6 N–H and O–H groups in total. The number of nitrogens with one attached hydrogen (secondary N) is 2. The third-order valence-electron chi connectivity index (χ3n) is 5.55. The molecule has 0 aromatic carbocycles. The van der Waals surface area contributed by atoms with Crippen LogP contribution in [0.15, 0.2) is 0 Å². The summed E-state index contributed by atoms with van der Waals surface area (Å²) in [5, 5.41) is 45.6. The molecule has 169 valence electrons. The molecule has 0 amide bonds. The molecule has 0 spiro atoms. The normalized spacial score (nSPS) is 16.3. The second-order valence-corrected chi connectivity index (χ2v) is 8.14. The summed E-state index contributed by atoms with van der Waals surface area (Å²) in [6.07, 6.45) is 12.8. The summed E-state index contributed by atoms with van der Waals surface area (Å²) in [6.45, 7) is 6.38. The number of aliphatic hydroxyl groups is 4. The second-order valence-electron chi connectivity index (χ2n) is 8.14. The Morgan fingerprint density at radius 3 is 2.07 bits per heavy atom. The molecule has 0 aromatic heterocycles. The average molecular weight is 404 g/mol. The lowest BCUT2D eigenvalue weighted by molar-refractivity contribution is -0.0891.